The van der Waals surface area contributed by atoms with Crippen molar-refractivity contribution in [3.8, 4) is 0 Å². The zero-order valence-corrected chi connectivity index (χ0v) is 19.8. The van der Waals surface area contributed by atoms with E-state index < -0.39 is 12.4 Å². The molecule has 11 nitrogen and oxygen atoms in total. The van der Waals surface area contributed by atoms with Crippen molar-refractivity contribution in [2.45, 2.75) is 25.5 Å². The van der Waals surface area contributed by atoms with E-state index in [4.69, 9.17) is 5.21 Å². The van der Waals surface area contributed by atoms with Gasteiger partial charge in [-0.3, -0.25) is 9.59 Å². The first kappa shape index (κ1) is 25.3. The van der Waals surface area contributed by atoms with Gasteiger partial charge < -0.3 is 25.4 Å². The quantitative estimate of drug-likeness (QED) is 0.243. The first-order valence-corrected chi connectivity index (χ1v) is 11.6. The number of nitrogens with zero attached hydrogens (tertiary/aromatic N) is 4. The number of amides is 4. The van der Waals surface area contributed by atoms with Crippen LogP contribution in [0.5, 0.6) is 0 Å². The van der Waals surface area contributed by atoms with E-state index >= 15 is 0 Å². The van der Waals surface area contributed by atoms with E-state index in [0.717, 1.165) is 11.1 Å². The molecule has 0 saturated carbocycles. The maximum absolute atomic E-state index is 13.4. The molecule has 4 N–H and O–H groups in total. The molecule has 2 saturated heterocycles. The Bertz CT molecular complexity index is 1110. The van der Waals surface area contributed by atoms with Crippen LogP contribution < -0.4 is 10.8 Å². The zero-order chi connectivity index (χ0) is 25.7. The number of nitrogens with one attached hydrogen (secondary N) is 2. The average molecular weight is 495 g/mol. The molecule has 0 aromatic heterocycles. The molecule has 2 aromatic carbocycles. The van der Waals surface area contributed by atoms with Crippen molar-refractivity contribution < 1.29 is 24.7 Å². The highest BCUT2D eigenvalue weighted by Crippen LogP contribution is 2.24. The topological polar surface area (TPSA) is 129 Å². The summed E-state index contributed by atoms with van der Waals surface area (Å²) in [7, 11) is 0. The third-order valence-electron chi connectivity index (χ3n) is 6.22. The molecule has 11 heteroatoms. The molecule has 4 rings (SSSR count). The van der Waals surface area contributed by atoms with Crippen LogP contribution in [0.1, 0.15) is 22.9 Å². The number of carbonyl (C=O) groups is 3. The van der Waals surface area contributed by atoms with Gasteiger partial charge in [0.05, 0.1) is 13.1 Å². The van der Waals surface area contributed by atoms with Crippen LogP contribution in [0.25, 0.3) is 0 Å². The van der Waals surface area contributed by atoms with E-state index in [1.807, 2.05) is 30.3 Å². The van der Waals surface area contributed by atoms with Crippen LogP contribution in [0.3, 0.4) is 0 Å². The average Bonchev–Trinajstić information content (AvgIpc) is 2.89. The summed E-state index contributed by atoms with van der Waals surface area (Å²) in [5, 5.41) is 24.9. The molecule has 0 spiro atoms. The van der Waals surface area contributed by atoms with Crippen molar-refractivity contribution >= 4 is 17.8 Å². The largest absolute Gasteiger partial charge is 0.372 e. The molecule has 2 aromatic rings. The van der Waals surface area contributed by atoms with Crippen molar-refractivity contribution in [2.24, 2.45) is 0 Å². The van der Waals surface area contributed by atoms with Gasteiger partial charge in [-0.15, -0.1) is 6.58 Å². The number of fused-ring (bicyclic) bond motifs is 1. The summed E-state index contributed by atoms with van der Waals surface area (Å²) < 4.78 is 0. The lowest BCUT2D eigenvalue weighted by Crippen LogP contribution is -2.73. The Kier molecular flexibility index (Phi) is 7.96. The fraction of sp³-hybridized carbons (Fsp3) is 0.320. The summed E-state index contributed by atoms with van der Waals surface area (Å²) in [6.45, 7) is 4.50. The van der Waals surface area contributed by atoms with Gasteiger partial charge in [0.15, 0.2) is 6.23 Å². The van der Waals surface area contributed by atoms with Gasteiger partial charge >= 0.3 is 6.03 Å². The number of aliphatic hydroxyl groups excluding tert-OH is 1. The molecule has 36 heavy (non-hydrogen) atoms. The van der Waals surface area contributed by atoms with Gasteiger partial charge in [-0.1, -0.05) is 54.6 Å². The summed E-state index contributed by atoms with van der Waals surface area (Å²) >= 11 is 0. The highest BCUT2D eigenvalue weighted by Gasteiger charge is 2.46. The second kappa shape index (κ2) is 11.3. The highest BCUT2D eigenvalue weighted by molar-refractivity contribution is 5.89. The number of hydrogen-bond donors (Lipinski definition) is 4. The molecule has 190 valence electrons. The number of hydrazine groups is 1. The van der Waals surface area contributed by atoms with Crippen LogP contribution in [0.4, 0.5) is 4.79 Å². The minimum absolute atomic E-state index is 0.0390. The lowest BCUT2D eigenvalue weighted by molar-refractivity contribution is -0.180. The van der Waals surface area contributed by atoms with Crippen LogP contribution >= 0.6 is 0 Å². The Morgan fingerprint density at radius 1 is 1.08 bits per heavy atom. The number of aliphatic hydroxyl groups is 1. The van der Waals surface area contributed by atoms with Crippen molar-refractivity contribution in [1.82, 2.24) is 30.6 Å². The Hall–Kier alpha value is -3.77. The standard InChI is InChI=1S/C25H30N6O5/c1-2-11-29-16-23(33)30-17-22(32)28(14-19-9-6-10-20(12-19)24(34)27-36)15-21(30)31(29)25(35)26-13-18-7-4-3-5-8-18/h2-10,12,21,24,27,34,36H,1,11,13-17H2,(H,26,35)/t21-,24?/m0/s1. The second-order valence-electron chi connectivity index (χ2n) is 8.68. The number of piperazine rings is 1. The van der Waals surface area contributed by atoms with Crippen molar-refractivity contribution in [3.63, 3.8) is 0 Å². The molecule has 2 aliphatic heterocycles. The Morgan fingerprint density at radius 2 is 1.83 bits per heavy atom. The van der Waals surface area contributed by atoms with E-state index in [1.165, 1.54) is 9.91 Å². The normalized spacial score (nSPS) is 19.2. The number of urea groups is 1. The summed E-state index contributed by atoms with van der Waals surface area (Å²) in [4.78, 5) is 42.2. The smallest absolute Gasteiger partial charge is 0.334 e. The second-order valence-corrected chi connectivity index (χ2v) is 8.68. The molecule has 2 aliphatic rings. The van der Waals surface area contributed by atoms with Gasteiger partial charge in [0, 0.05) is 19.6 Å². The maximum atomic E-state index is 13.4. The minimum Gasteiger partial charge on any atom is -0.372 e. The number of benzene rings is 2. The molecular formula is C25H30N6O5. The van der Waals surface area contributed by atoms with E-state index in [2.05, 4.69) is 11.9 Å². The fourth-order valence-electron chi connectivity index (χ4n) is 4.45. The summed E-state index contributed by atoms with van der Waals surface area (Å²) in [5.74, 6) is -0.478. The van der Waals surface area contributed by atoms with Gasteiger partial charge in [-0.05, 0) is 22.8 Å². The number of carbonyl (C=O) groups excluding carboxylic acids is 3. The molecular weight excluding hydrogens is 464 g/mol. The van der Waals surface area contributed by atoms with Crippen LogP contribution in [-0.2, 0) is 22.7 Å². The first-order valence-electron chi connectivity index (χ1n) is 11.6. The third-order valence-corrected chi connectivity index (χ3v) is 6.22. The lowest BCUT2D eigenvalue weighted by Gasteiger charge is -2.52. The van der Waals surface area contributed by atoms with Crippen LogP contribution in [0, 0.1) is 0 Å². The first-order chi connectivity index (χ1) is 17.4. The van der Waals surface area contributed by atoms with E-state index in [9.17, 15) is 19.5 Å². The highest BCUT2D eigenvalue weighted by atomic mass is 16.5. The van der Waals surface area contributed by atoms with E-state index in [-0.39, 0.29) is 50.6 Å². The van der Waals surface area contributed by atoms with E-state index in [0.29, 0.717) is 12.1 Å². The maximum Gasteiger partial charge on any atom is 0.334 e. The Labute approximate surface area is 209 Å². The molecule has 1 unspecified atom stereocenters. The zero-order valence-electron chi connectivity index (χ0n) is 19.8. The van der Waals surface area contributed by atoms with Crippen molar-refractivity contribution in [2.75, 3.05) is 26.2 Å². The van der Waals surface area contributed by atoms with Gasteiger partial charge in [-0.2, -0.15) is 5.48 Å². The monoisotopic (exact) mass is 494 g/mol. The SMILES string of the molecule is C=CCN1CC(=O)N2CC(=O)N(Cc3cccc(C(O)NO)c3)C[C@@H]2N1C(=O)NCc1ccccc1. The van der Waals surface area contributed by atoms with Gasteiger partial charge in [0.25, 0.3) is 0 Å². The predicted octanol–water partition coefficient (Wildman–Crippen LogP) is 0.782. The lowest BCUT2D eigenvalue weighted by atomic mass is 10.1. The predicted molar refractivity (Wildman–Crippen MR) is 130 cm³/mol. The summed E-state index contributed by atoms with van der Waals surface area (Å²) in [6, 6.07) is 15.9. The van der Waals surface area contributed by atoms with Crippen molar-refractivity contribution in [3.05, 3.63) is 83.9 Å². The van der Waals surface area contributed by atoms with Crippen molar-refractivity contribution in [1.29, 1.82) is 0 Å². The van der Waals surface area contributed by atoms with Crippen LogP contribution in [0.15, 0.2) is 67.3 Å². The minimum atomic E-state index is -1.26. The Balaban J connectivity index is 1.55. The number of rotatable bonds is 8. The molecule has 0 bridgehead atoms. The van der Waals surface area contributed by atoms with Crippen LogP contribution in [-0.4, -0.2) is 80.3 Å². The summed E-state index contributed by atoms with van der Waals surface area (Å²) in [6.07, 6.45) is -0.324. The van der Waals surface area contributed by atoms with Crippen LogP contribution in [0.2, 0.25) is 0 Å². The molecule has 0 aliphatic carbocycles. The molecule has 0 radical (unpaired) electrons. The van der Waals surface area contributed by atoms with Gasteiger partial charge in [0.1, 0.15) is 12.7 Å². The molecule has 2 atom stereocenters. The third kappa shape index (κ3) is 5.55. The summed E-state index contributed by atoms with van der Waals surface area (Å²) in [5.41, 5.74) is 3.89. The van der Waals surface area contributed by atoms with Gasteiger partial charge in [0.2, 0.25) is 11.8 Å². The fourth-order valence-corrected chi connectivity index (χ4v) is 4.45. The number of hydrogen-bond acceptors (Lipinski definition) is 7. The van der Waals surface area contributed by atoms with Gasteiger partial charge in [-0.25, -0.2) is 14.8 Å². The van der Waals surface area contributed by atoms with E-state index in [1.54, 1.807) is 45.7 Å². The number of hydroxylamine groups is 1. The molecule has 2 fully saturated rings. The Morgan fingerprint density at radius 3 is 2.56 bits per heavy atom. The molecule has 2 heterocycles. The molecule has 4 amide bonds.